The van der Waals surface area contributed by atoms with Crippen LogP contribution in [0.5, 0.6) is 0 Å². The fraction of sp³-hybridized carbons (Fsp3) is 0.467. The second-order valence-corrected chi connectivity index (χ2v) is 5.23. The number of aliphatic hydroxyl groups excluding tert-OH is 1. The Labute approximate surface area is 118 Å². The van der Waals surface area contributed by atoms with Gasteiger partial charge in [-0.1, -0.05) is 0 Å². The minimum atomic E-state index is -0.421. The third-order valence-electron chi connectivity index (χ3n) is 3.21. The molecule has 3 N–H and O–H groups in total. The first-order valence-electron chi connectivity index (χ1n) is 6.93. The minimum Gasteiger partial charge on any atom is -0.393 e. The summed E-state index contributed by atoms with van der Waals surface area (Å²) in [5, 5.41) is 14.7. The quantitative estimate of drug-likeness (QED) is 0.737. The van der Waals surface area contributed by atoms with E-state index in [0.29, 0.717) is 24.2 Å². The molecule has 1 aliphatic carbocycles. The first kappa shape index (κ1) is 14.5. The van der Waals surface area contributed by atoms with Crippen molar-refractivity contribution >= 4 is 17.5 Å². The summed E-state index contributed by atoms with van der Waals surface area (Å²) in [6, 6.07) is 6.81. The van der Waals surface area contributed by atoms with Gasteiger partial charge in [-0.3, -0.25) is 9.59 Å². The van der Waals surface area contributed by atoms with Crippen molar-refractivity contribution in [1.29, 1.82) is 0 Å². The molecule has 20 heavy (non-hydrogen) atoms. The van der Waals surface area contributed by atoms with Crippen LogP contribution in [0.2, 0.25) is 0 Å². The second-order valence-electron chi connectivity index (χ2n) is 5.23. The van der Waals surface area contributed by atoms with Crippen LogP contribution in [0.3, 0.4) is 0 Å². The molecule has 2 rings (SSSR count). The number of rotatable bonds is 6. The monoisotopic (exact) mass is 276 g/mol. The normalized spacial score (nSPS) is 15.5. The van der Waals surface area contributed by atoms with Gasteiger partial charge in [0, 0.05) is 23.7 Å². The lowest BCUT2D eigenvalue weighted by molar-refractivity contribution is -0.117. The molecule has 0 heterocycles. The molecule has 1 atom stereocenters. The van der Waals surface area contributed by atoms with Gasteiger partial charge in [-0.15, -0.1) is 0 Å². The van der Waals surface area contributed by atoms with E-state index < -0.39 is 6.10 Å². The van der Waals surface area contributed by atoms with Gasteiger partial charge in [0.1, 0.15) is 0 Å². The first-order valence-corrected chi connectivity index (χ1v) is 6.93. The Morgan fingerprint density at radius 2 is 1.95 bits per heavy atom. The van der Waals surface area contributed by atoms with E-state index in [4.69, 9.17) is 5.11 Å². The number of nitrogens with one attached hydrogen (secondary N) is 2. The smallest absolute Gasteiger partial charge is 0.251 e. The molecule has 5 heteroatoms. The number of carbonyl (C=O) groups is 2. The molecule has 1 unspecified atom stereocenters. The number of aliphatic hydroxyl groups is 1. The average molecular weight is 276 g/mol. The molecular weight excluding hydrogens is 256 g/mol. The van der Waals surface area contributed by atoms with E-state index in [1.807, 2.05) is 0 Å². The van der Waals surface area contributed by atoms with Gasteiger partial charge < -0.3 is 15.7 Å². The molecule has 2 amide bonds. The summed E-state index contributed by atoms with van der Waals surface area (Å²) < 4.78 is 0. The van der Waals surface area contributed by atoms with Gasteiger partial charge in [-0.25, -0.2) is 0 Å². The summed E-state index contributed by atoms with van der Waals surface area (Å²) in [4.78, 5) is 23.4. The van der Waals surface area contributed by atoms with Crippen molar-refractivity contribution < 1.29 is 14.7 Å². The number of anilines is 1. The van der Waals surface area contributed by atoms with Gasteiger partial charge in [0.05, 0.1) is 6.10 Å². The molecule has 1 aliphatic rings. The highest BCUT2D eigenvalue weighted by Gasteiger charge is 2.29. The lowest BCUT2D eigenvalue weighted by Crippen LogP contribution is -2.26. The molecule has 0 aliphatic heterocycles. The molecule has 1 aromatic carbocycles. The van der Waals surface area contributed by atoms with Crippen LogP contribution < -0.4 is 10.6 Å². The standard InChI is InChI=1S/C15H20N2O3/c1-10(18)8-9-16-14(19)11-4-6-13(7-5-11)17-15(20)12-2-3-12/h4-7,10,12,18H,2-3,8-9H2,1H3,(H,16,19)(H,17,20). The Kier molecular flexibility index (Phi) is 4.74. The van der Waals surface area contributed by atoms with Gasteiger partial charge in [0.25, 0.3) is 5.91 Å². The third kappa shape index (κ3) is 4.35. The van der Waals surface area contributed by atoms with E-state index in [-0.39, 0.29) is 17.7 Å². The third-order valence-corrected chi connectivity index (χ3v) is 3.21. The number of carbonyl (C=O) groups excluding carboxylic acids is 2. The lowest BCUT2D eigenvalue weighted by Gasteiger charge is -2.08. The van der Waals surface area contributed by atoms with E-state index >= 15 is 0 Å². The maximum absolute atomic E-state index is 11.8. The van der Waals surface area contributed by atoms with Crippen LogP contribution >= 0.6 is 0 Å². The van der Waals surface area contributed by atoms with Gasteiger partial charge in [0.15, 0.2) is 0 Å². The minimum absolute atomic E-state index is 0.0548. The van der Waals surface area contributed by atoms with Gasteiger partial charge in [-0.2, -0.15) is 0 Å². The van der Waals surface area contributed by atoms with Crippen molar-refractivity contribution in [3.63, 3.8) is 0 Å². The van der Waals surface area contributed by atoms with Crippen LogP contribution in [0.15, 0.2) is 24.3 Å². The van der Waals surface area contributed by atoms with Crippen LogP contribution in [-0.4, -0.2) is 29.6 Å². The Morgan fingerprint density at radius 1 is 1.30 bits per heavy atom. The van der Waals surface area contributed by atoms with Crippen LogP contribution in [0, 0.1) is 5.92 Å². The van der Waals surface area contributed by atoms with E-state index in [1.165, 1.54) is 0 Å². The zero-order chi connectivity index (χ0) is 14.5. The van der Waals surface area contributed by atoms with E-state index in [0.717, 1.165) is 12.8 Å². The molecule has 1 aromatic rings. The van der Waals surface area contributed by atoms with Crippen LogP contribution in [0.4, 0.5) is 5.69 Å². The summed E-state index contributed by atoms with van der Waals surface area (Å²) in [5.74, 6) is 0.0447. The maximum atomic E-state index is 11.8. The second kappa shape index (κ2) is 6.52. The summed E-state index contributed by atoms with van der Waals surface area (Å²) >= 11 is 0. The molecule has 0 saturated heterocycles. The molecule has 0 bridgehead atoms. The van der Waals surface area contributed by atoms with Gasteiger partial charge in [0.2, 0.25) is 5.91 Å². The van der Waals surface area contributed by atoms with Gasteiger partial charge in [-0.05, 0) is 50.5 Å². The summed E-state index contributed by atoms with van der Waals surface area (Å²) in [5.41, 5.74) is 1.25. The topological polar surface area (TPSA) is 78.4 Å². The van der Waals surface area contributed by atoms with Crippen molar-refractivity contribution in [2.24, 2.45) is 5.92 Å². The molecule has 108 valence electrons. The number of hydrogen-bond acceptors (Lipinski definition) is 3. The molecule has 5 nitrogen and oxygen atoms in total. The summed E-state index contributed by atoms with van der Waals surface area (Å²) in [6.45, 7) is 2.13. The van der Waals surface area contributed by atoms with Crippen molar-refractivity contribution in [3.05, 3.63) is 29.8 Å². The Hall–Kier alpha value is -1.88. The molecule has 1 saturated carbocycles. The van der Waals surface area contributed by atoms with Crippen molar-refractivity contribution in [2.45, 2.75) is 32.3 Å². The van der Waals surface area contributed by atoms with Crippen LogP contribution in [0.25, 0.3) is 0 Å². The SMILES string of the molecule is CC(O)CCNC(=O)c1ccc(NC(=O)C2CC2)cc1. The molecular formula is C15H20N2O3. The molecule has 0 spiro atoms. The Balaban J connectivity index is 1.83. The van der Waals surface area contributed by atoms with Gasteiger partial charge >= 0.3 is 0 Å². The van der Waals surface area contributed by atoms with E-state index in [9.17, 15) is 9.59 Å². The zero-order valence-corrected chi connectivity index (χ0v) is 11.6. The van der Waals surface area contributed by atoms with Crippen molar-refractivity contribution in [1.82, 2.24) is 5.32 Å². The van der Waals surface area contributed by atoms with Crippen molar-refractivity contribution in [3.8, 4) is 0 Å². The Bertz CT molecular complexity index is 478. The van der Waals surface area contributed by atoms with E-state index in [1.54, 1.807) is 31.2 Å². The lowest BCUT2D eigenvalue weighted by atomic mass is 10.2. The highest BCUT2D eigenvalue weighted by molar-refractivity contribution is 5.96. The molecule has 0 radical (unpaired) electrons. The van der Waals surface area contributed by atoms with Crippen LogP contribution in [0.1, 0.15) is 36.5 Å². The molecule has 1 fully saturated rings. The fourth-order valence-electron chi connectivity index (χ4n) is 1.79. The average Bonchev–Trinajstić information content (AvgIpc) is 3.23. The summed E-state index contributed by atoms with van der Waals surface area (Å²) in [6.07, 6.45) is 2.04. The first-order chi connectivity index (χ1) is 9.56. The largest absolute Gasteiger partial charge is 0.393 e. The maximum Gasteiger partial charge on any atom is 0.251 e. The predicted octanol–water partition coefficient (Wildman–Crippen LogP) is 1.54. The number of hydrogen-bond donors (Lipinski definition) is 3. The fourth-order valence-corrected chi connectivity index (χ4v) is 1.79. The number of benzene rings is 1. The number of amides is 2. The predicted molar refractivity (Wildman–Crippen MR) is 76.4 cm³/mol. The highest BCUT2D eigenvalue weighted by atomic mass is 16.3. The van der Waals surface area contributed by atoms with Crippen molar-refractivity contribution in [2.75, 3.05) is 11.9 Å². The zero-order valence-electron chi connectivity index (χ0n) is 11.6. The Morgan fingerprint density at radius 3 is 2.50 bits per heavy atom. The van der Waals surface area contributed by atoms with Crippen LogP contribution in [-0.2, 0) is 4.79 Å². The van der Waals surface area contributed by atoms with E-state index in [2.05, 4.69) is 10.6 Å². The highest BCUT2D eigenvalue weighted by Crippen LogP contribution is 2.30. The molecule has 0 aromatic heterocycles. The summed E-state index contributed by atoms with van der Waals surface area (Å²) in [7, 11) is 0.